The van der Waals surface area contributed by atoms with Gasteiger partial charge in [-0.05, 0) is 30.9 Å². The molecule has 1 saturated heterocycles. The Balaban J connectivity index is 2.07. The highest BCUT2D eigenvalue weighted by atomic mass is 16.5. The molecule has 2 heterocycles. The zero-order valence-corrected chi connectivity index (χ0v) is 9.93. The van der Waals surface area contributed by atoms with Crippen LogP contribution in [0.5, 0.6) is 0 Å². The lowest BCUT2D eigenvalue weighted by atomic mass is 9.89. The van der Waals surface area contributed by atoms with Crippen LogP contribution in [0.4, 0.5) is 11.4 Å². The zero-order valence-electron chi connectivity index (χ0n) is 9.93. The van der Waals surface area contributed by atoms with E-state index in [1.807, 2.05) is 24.3 Å². The van der Waals surface area contributed by atoms with E-state index in [4.69, 9.17) is 5.41 Å². The molecule has 0 unspecified atom stereocenters. The quantitative estimate of drug-likeness (QED) is 0.721. The Bertz CT molecular complexity index is 460. The summed E-state index contributed by atoms with van der Waals surface area (Å²) in [7, 11) is 0. The van der Waals surface area contributed by atoms with Crippen molar-refractivity contribution < 1.29 is 5.21 Å². The van der Waals surface area contributed by atoms with E-state index in [9.17, 15) is 5.21 Å². The Morgan fingerprint density at radius 2 is 2.00 bits per heavy atom. The third-order valence-corrected chi connectivity index (χ3v) is 3.83. The molecule has 0 aliphatic carbocycles. The molecule has 0 aromatic heterocycles. The van der Waals surface area contributed by atoms with Crippen LogP contribution in [0, 0.1) is 11.3 Å². The molecule has 1 fully saturated rings. The highest BCUT2D eigenvalue weighted by molar-refractivity contribution is 6.05. The molecule has 1 aromatic carbocycles. The fraction of sp³-hybridized carbons (Fsp3) is 0.462. The first kappa shape index (κ1) is 10.6. The number of piperidine rings is 1. The topological polar surface area (TPSA) is 50.6 Å². The lowest BCUT2D eigenvalue weighted by Crippen LogP contribution is -2.55. The number of nitrogens with zero attached hydrogens (tertiary/aromatic N) is 2. The summed E-state index contributed by atoms with van der Waals surface area (Å²) in [6.45, 7) is 3.19. The molecule has 0 spiro atoms. The van der Waals surface area contributed by atoms with E-state index >= 15 is 0 Å². The van der Waals surface area contributed by atoms with Crippen molar-refractivity contribution in [2.45, 2.75) is 25.8 Å². The summed E-state index contributed by atoms with van der Waals surface area (Å²) in [5, 5.41) is 19.1. The minimum Gasteiger partial charge on any atom is -0.359 e. The van der Waals surface area contributed by atoms with Gasteiger partial charge in [0, 0.05) is 6.54 Å². The third kappa shape index (κ3) is 1.52. The monoisotopic (exact) mass is 231 g/mol. The van der Waals surface area contributed by atoms with Crippen molar-refractivity contribution in [2.24, 2.45) is 5.92 Å². The summed E-state index contributed by atoms with van der Waals surface area (Å²) in [6, 6.07) is 7.78. The van der Waals surface area contributed by atoms with Crippen LogP contribution in [0.2, 0.25) is 0 Å². The molecule has 0 radical (unpaired) electrons. The van der Waals surface area contributed by atoms with Gasteiger partial charge in [0.2, 0.25) is 0 Å². The summed E-state index contributed by atoms with van der Waals surface area (Å²) >= 11 is 0. The number of hydroxylamine groups is 1. The molecule has 2 atom stereocenters. The number of hydrogen-bond donors (Lipinski definition) is 2. The van der Waals surface area contributed by atoms with Gasteiger partial charge in [0.05, 0.1) is 17.4 Å². The Morgan fingerprint density at radius 3 is 2.76 bits per heavy atom. The van der Waals surface area contributed by atoms with Crippen LogP contribution in [0.25, 0.3) is 0 Å². The van der Waals surface area contributed by atoms with E-state index in [-0.39, 0.29) is 6.04 Å². The van der Waals surface area contributed by atoms with Crippen molar-refractivity contribution in [1.82, 2.24) is 0 Å². The average Bonchev–Trinajstić information content (AvgIpc) is 2.36. The summed E-state index contributed by atoms with van der Waals surface area (Å²) < 4.78 is 0. The molecule has 0 bridgehead atoms. The van der Waals surface area contributed by atoms with Crippen molar-refractivity contribution in [3.63, 3.8) is 0 Å². The number of hydrogen-bond acceptors (Lipinski definition) is 3. The molecule has 3 rings (SSSR count). The fourth-order valence-electron chi connectivity index (χ4n) is 2.85. The maximum Gasteiger partial charge on any atom is 0.149 e. The van der Waals surface area contributed by atoms with E-state index in [1.165, 1.54) is 0 Å². The van der Waals surface area contributed by atoms with E-state index in [0.717, 1.165) is 35.8 Å². The highest BCUT2D eigenvalue weighted by Gasteiger charge is 2.38. The van der Waals surface area contributed by atoms with Gasteiger partial charge >= 0.3 is 0 Å². The number of rotatable bonds is 0. The zero-order chi connectivity index (χ0) is 12.0. The van der Waals surface area contributed by atoms with E-state index in [1.54, 1.807) is 0 Å². The predicted octanol–water partition coefficient (Wildman–Crippen LogP) is 2.48. The standard InChI is InChI=1S/C13H17N3O/c1-9-6-7-15-10-4-2-3-5-11(10)16(17)13(14)12(15)8-9/h2-5,9,12,14,17H,6-8H2,1H3/t9-,12-/m1/s1. The van der Waals surface area contributed by atoms with Gasteiger partial charge in [0.25, 0.3) is 0 Å². The summed E-state index contributed by atoms with van der Waals surface area (Å²) in [5.41, 5.74) is 1.77. The minimum atomic E-state index is 0.0265. The van der Waals surface area contributed by atoms with Crippen molar-refractivity contribution >= 4 is 17.2 Å². The van der Waals surface area contributed by atoms with Crippen LogP contribution in [0.15, 0.2) is 24.3 Å². The summed E-state index contributed by atoms with van der Waals surface area (Å²) in [4.78, 5) is 2.25. The van der Waals surface area contributed by atoms with E-state index < -0.39 is 0 Å². The molecule has 0 amide bonds. The SMILES string of the molecule is C[C@@H]1CCN2c3ccccc3N(O)C(=N)[C@H]2C1. The number of nitrogens with one attached hydrogen (secondary N) is 1. The van der Waals surface area contributed by atoms with Gasteiger partial charge in [0.1, 0.15) is 5.84 Å². The maximum absolute atomic E-state index is 10.0. The van der Waals surface area contributed by atoms with E-state index in [2.05, 4.69) is 11.8 Å². The fourth-order valence-corrected chi connectivity index (χ4v) is 2.85. The number of para-hydroxylation sites is 2. The molecular formula is C13H17N3O. The second kappa shape index (κ2) is 3.74. The molecular weight excluding hydrogens is 214 g/mol. The Labute approximate surface area is 101 Å². The van der Waals surface area contributed by atoms with Crippen LogP contribution in [0.3, 0.4) is 0 Å². The van der Waals surface area contributed by atoms with Crippen LogP contribution >= 0.6 is 0 Å². The first-order chi connectivity index (χ1) is 8.18. The summed E-state index contributed by atoms with van der Waals surface area (Å²) in [5.74, 6) is 0.922. The molecule has 4 nitrogen and oxygen atoms in total. The lowest BCUT2D eigenvalue weighted by Gasteiger charge is -2.46. The predicted molar refractivity (Wildman–Crippen MR) is 68.0 cm³/mol. The van der Waals surface area contributed by atoms with Crippen molar-refractivity contribution in [2.75, 3.05) is 16.5 Å². The Kier molecular flexibility index (Phi) is 2.33. The second-order valence-electron chi connectivity index (χ2n) is 5.02. The first-order valence-electron chi connectivity index (χ1n) is 6.11. The average molecular weight is 231 g/mol. The number of benzene rings is 1. The minimum absolute atomic E-state index is 0.0265. The second-order valence-corrected chi connectivity index (χ2v) is 5.02. The molecule has 1 aromatic rings. The maximum atomic E-state index is 10.0. The van der Waals surface area contributed by atoms with Crippen LogP contribution in [0.1, 0.15) is 19.8 Å². The van der Waals surface area contributed by atoms with Crippen LogP contribution in [-0.4, -0.2) is 23.6 Å². The van der Waals surface area contributed by atoms with Crippen molar-refractivity contribution in [1.29, 1.82) is 5.41 Å². The lowest BCUT2D eigenvalue weighted by molar-refractivity contribution is 0.293. The summed E-state index contributed by atoms with van der Waals surface area (Å²) in [6.07, 6.45) is 2.10. The smallest absolute Gasteiger partial charge is 0.149 e. The van der Waals surface area contributed by atoms with Gasteiger partial charge in [0.15, 0.2) is 0 Å². The van der Waals surface area contributed by atoms with Gasteiger partial charge in [-0.15, -0.1) is 0 Å². The number of fused-ring (bicyclic) bond motifs is 3. The Hall–Kier alpha value is -1.55. The third-order valence-electron chi connectivity index (χ3n) is 3.83. The van der Waals surface area contributed by atoms with Gasteiger partial charge in [-0.25, -0.2) is 5.06 Å². The molecule has 2 N–H and O–H groups in total. The number of amidine groups is 1. The normalized spacial score (nSPS) is 27.8. The molecule has 2 aliphatic rings. The molecule has 4 heteroatoms. The van der Waals surface area contributed by atoms with E-state index in [0.29, 0.717) is 11.8 Å². The highest BCUT2D eigenvalue weighted by Crippen LogP contribution is 2.39. The molecule has 90 valence electrons. The van der Waals surface area contributed by atoms with Gasteiger partial charge < -0.3 is 4.90 Å². The van der Waals surface area contributed by atoms with Crippen molar-refractivity contribution in [3.05, 3.63) is 24.3 Å². The van der Waals surface area contributed by atoms with Gasteiger partial charge in [-0.3, -0.25) is 10.6 Å². The number of anilines is 2. The van der Waals surface area contributed by atoms with Crippen LogP contribution in [-0.2, 0) is 0 Å². The molecule has 0 saturated carbocycles. The molecule has 2 aliphatic heterocycles. The largest absolute Gasteiger partial charge is 0.359 e. The molecule has 17 heavy (non-hydrogen) atoms. The first-order valence-corrected chi connectivity index (χ1v) is 6.11. The van der Waals surface area contributed by atoms with Crippen molar-refractivity contribution in [3.8, 4) is 0 Å². The van der Waals surface area contributed by atoms with Gasteiger partial charge in [-0.1, -0.05) is 19.1 Å². The van der Waals surface area contributed by atoms with Crippen LogP contribution < -0.4 is 9.96 Å². The Morgan fingerprint density at radius 1 is 1.29 bits per heavy atom. The van der Waals surface area contributed by atoms with Gasteiger partial charge in [-0.2, -0.15) is 0 Å².